The van der Waals surface area contributed by atoms with Gasteiger partial charge in [0.25, 0.3) is 0 Å². The molecule has 0 bridgehead atoms. The van der Waals surface area contributed by atoms with Crippen molar-refractivity contribution in [1.29, 1.82) is 0 Å². The third-order valence-corrected chi connectivity index (χ3v) is 7.77. The van der Waals surface area contributed by atoms with E-state index in [1.807, 2.05) is 42.1 Å². The van der Waals surface area contributed by atoms with Crippen LogP contribution in [0.4, 0.5) is 0 Å². The highest BCUT2D eigenvalue weighted by Crippen LogP contribution is 2.31. The highest BCUT2D eigenvalue weighted by atomic mass is 16.1. The fourth-order valence-corrected chi connectivity index (χ4v) is 5.70. The molecule has 1 aliphatic rings. The number of rotatable bonds is 3. The van der Waals surface area contributed by atoms with E-state index in [-0.39, 0.29) is 5.69 Å². The number of fused-ring (bicyclic) bond motifs is 4. The van der Waals surface area contributed by atoms with E-state index in [4.69, 9.17) is 0 Å². The molecule has 4 heterocycles. The first kappa shape index (κ1) is 21.9. The van der Waals surface area contributed by atoms with Crippen molar-refractivity contribution in [3.63, 3.8) is 0 Å². The van der Waals surface area contributed by atoms with Crippen LogP contribution in [0.25, 0.3) is 49.7 Å². The highest BCUT2D eigenvalue weighted by molar-refractivity contribution is 6.04. The minimum Gasteiger partial charge on any atom is -0.317 e. The summed E-state index contributed by atoms with van der Waals surface area (Å²) >= 11 is 0. The van der Waals surface area contributed by atoms with Crippen LogP contribution in [0.15, 0.2) is 90.0 Å². The molecule has 3 aromatic carbocycles. The molecule has 3 aromatic heterocycles. The van der Waals surface area contributed by atoms with Gasteiger partial charge in [0.15, 0.2) is 0 Å². The summed E-state index contributed by atoms with van der Waals surface area (Å²) in [5.74, 6) is 0.572. The average molecular weight is 486 g/mol. The zero-order valence-corrected chi connectivity index (χ0v) is 20.7. The first-order valence-electron chi connectivity index (χ1n) is 12.8. The number of piperidine rings is 1. The molecule has 1 N–H and O–H groups in total. The number of benzene rings is 3. The summed E-state index contributed by atoms with van der Waals surface area (Å²) in [5, 5.41) is 5.48. The molecular formula is C31H27N5O. The van der Waals surface area contributed by atoms with Crippen LogP contribution >= 0.6 is 0 Å². The number of nitrogens with zero attached hydrogens (tertiary/aromatic N) is 4. The summed E-state index contributed by atoms with van der Waals surface area (Å²) in [6, 6.07) is 25.1. The topological polar surface area (TPSA) is 64.7 Å². The Bertz CT molecular complexity index is 1840. The Morgan fingerprint density at radius 1 is 0.838 bits per heavy atom. The van der Waals surface area contributed by atoms with Gasteiger partial charge in [0, 0.05) is 29.6 Å². The first-order valence-corrected chi connectivity index (χ1v) is 12.8. The molecule has 6 nitrogen and oxygen atoms in total. The number of aromatic nitrogens is 4. The normalized spacial score (nSPS) is 14.6. The fourth-order valence-electron chi connectivity index (χ4n) is 5.70. The lowest BCUT2D eigenvalue weighted by Crippen LogP contribution is -2.26. The summed E-state index contributed by atoms with van der Waals surface area (Å²) in [6.07, 6.45) is 6.01. The van der Waals surface area contributed by atoms with E-state index in [0.29, 0.717) is 5.92 Å². The number of hydrogen-bond acceptors (Lipinski definition) is 4. The largest absolute Gasteiger partial charge is 0.333 e. The first-order chi connectivity index (χ1) is 18.2. The van der Waals surface area contributed by atoms with Gasteiger partial charge < -0.3 is 5.32 Å². The van der Waals surface area contributed by atoms with Crippen LogP contribution in [-0.4, -0.2) is 32.2 Å². The third-order valence-electron chi connectivity index (χ3n) is 7.77. The summed E-state index contributed by atoms with van der Waals surface area (Å²) in [4.78, 5) is 22.8. The molecule has 182 valence electrons. The van der Waals surface area contributed by atoms with Crippen molar-refractivity contribution in [1.82, 2.24) is 24.4 Å². The fraction of sp³-hybridized carbons (Fsp3) is 0.194. The monoisotopic (exact) mass is 485 g/mol. The molecule has 6 aromatic rings. The molecule has 0 spiro atoms. The standard InChI is InChI=1S/C31H27N5O/c1-35-29-19-34-28-11-8-22(24-16-23-4-2-3-5-27(23)33-18-24)17-26(28)30(29)36(31(35)37)25-9-6-20(7-10-25)21-12-14-32-15-13-21/h2-11,16-19,21,32H,12-15H2,1H3. The van der Waals surface area contributed by atoms with Crippen LogP contribution in [0.5, 0.6) is 0 Å². The summed E-state index contributed by atoms with van der Waals surface area (Å²) in [7, 11) is 1.81. The lowest BCUT2D eigenvalue weighted by molar-refractivity contribution is 0.460. The van der Waals surface area contributed by atoms with Gasteiger partial charge in [0.1, 0.15) is 0 Å². The van der Waals surface area contributed by atoms with E-state index in [1.165, 1.54) is 5.56 Å². The Morgan fingerprint density at radius 2 is 1.62 bits per heavy atom. The molecule has 0 amide bonds. The van der Waals surface area contributed by atoms with E-state index in [0.717, 1.165) is 75.6 Å². The van der Waals surface area contributed by atoms with E-state index in [1.54, 1.807) is 10.8 Å². The molecule has 37 heavy (non-hydrogen) atoms. The third kappa shape index (κ3) is 3.64. The molecule has 0 atom stereocenters. The molecule has 0 aliphatic carbocycles. The van der Waals surface area contributed by atoms with Crippen LogP contribution in [0.2, 0.25) is 0 Å². The van der Waals surface area contributed by atoms with Gasteiger partial charge in [-0.3, -0.25) is 19.1 Å². The molecule has 1 aliphatic heterocycles. The quantitative estimate of drug-likeness (QED) is 0.356. The van der Waals surface area contributed by atoms with Gasteiger partial charge >= 0.3 is 5.69 Å². The van der Waals surface area contributed by atoms with Crippen molar-refractivity contribution in [3.05, 3.63) is 101 Å². The van der Waals surface area contributed by atoms with Gasteiger partial charge in [-0.15, -0.1) is 0 Å². The zero-order chi connectivity index (χ0) is 24.9. The summed E-state index contributed by atoms with van der Waals surface area (Å²) in [5.41, 5.74) is 7.75. The van der Waals surface area contributed by atoms with Crippen molar-refractivity contribution in [3.8, 4) is 16.8 Å². The predicted octanol–water partition coefficient (Wildman–Crippen LogP) is 5.56. The van der Waals surface area contributed by atoms with Crippen LogP contribution in [-0.2, 0) is 7.05 Å². The predicted molar refractivity (Wildman–Crippen MR) is 149 cm³/mol. The number of nitrogens with one attached hydrogen (secondary N) is 1. The molecule has 0 radical (unpaired) electrons. The lowest BCUT2D eigenvalue weighted by atomic mass is 9.90. The van der Waals surface area contributed by atoms with Crippen molar-refractivity contribution < 1.29 is 0 Å². The minimum absolute atomic E-state index is 0.0725. The van der Waals surface area contributed by atoms with E-state index >= 15 is 0 Å². The van der Waals surface area contributed by atoms with Gasteiger partial charge in [0.05, 0.1) is 34.0 Å². The van der Waals surface area contributed by atoms with E-state index < -0.39 is 0 Å². The van der Waals surface area contributed by atoms with Crippen LogP contribution in [0.1, 0.15) is 24.3 Å². The van der Waals surface area contributed by atoms with Crippen molar-refractivity contribution >= 4 is 32.8 Å². The summed E-state index contributed by atoms with van der Waals surface area (Å²) in [6.45, 7) is 2.12. The number of hydrogen-bond donors (Lipinski definition) is 1. The molecule has 0 unspecified atom stereocenters. The SMILES string of the molecule is Cn1c(=O)n(-c2ccc(C3CCNCC3)cc2)c2c3cc(-c4cnc5ccccc5c4)ccc3ncc21. The Hall–Kier alpha value is -4.29. The van der Waals surface area contributed by atoms with Crippen molar-refractivity contribution in [2.24, 2.45) is 7.05 Å². The van der Waals surface area contributed by atoms with Crippen LogP contribution in [0.3, 0.4) is 0 Å². The van der Waals surface area contributed by atoms with Gasteiger partial charge in [0.2, 0.25) is 0 Å². The molecule has 0 saturated carbocycles. The number of imidazole rings is 1. The van der Waals surface area contributed by atoms with Gasteiger partial charge in [-0.25, -0.2) is 4.79 Å². The minimum atomic E-state index is -0.0725. The van der Waals surface area contributed by atoms with Gasteiger partial charge in [-0.05, 0) is 79.4 Å². The second kappa shape index (κ2) is 8.68. The van der Waals surface area contributed by atoms with E-state index in [2.05, 4.69) is 63.8 Å². The highest BCUT2D eigenvalue weighted by Gasteiger charge is 2.19. The van der Waals surface area contributed by atoms with Gasteiger partial charge in [-0.1, -0.05) is 36.4 Å². The van der Waals surface area contributed by atoms with Crippen LogP contribution < -0.4 is 11.0 Å². The number of para-hydroxylation sites is 1. The lowest BCUT2D eigenvalue weighted by Gasteiger charge is -2.23. The Kier molecular flexibility index (Phi) is 5.15. The Labute approximate surface area is 214 Å². The number of aryl methyl sites for hydroxylation is 1. The van der Waals surface area contributed by atoms with Crippen molar-refractivity contribution in [2.45, 2.75) is 18.8 Å². The maximum absolute atomic E-state index is 13.5. The second-order valence-electron chi connectivity index (χ2n) is 9.93. The molecule has 1 saturated heterocycles. The Balaban J connectivity index is 1.40. The zero-order valence-electron chi connectivity index (χ0n) is 20.7. The number of pyridine rings is 2. The summed E-state index contributed by atoms with van der Waals surface area (Å²) < 4.78 is 3.51. The maximum atomic E-state index is 13.5. The molecular weight excluding hydrogens is 458 g/mol. The molecule has 6 heteroatoms. The smallest absolute Gasteiger partial charge is 0.317 e. The van der Waals surface area contributed by atoms with Crippen LogP contribution in [0, 0.1) is 0 Å². The average Bonchev–Trinajstić information content (AvgIpc) is 3.23. The molecule has 1 fully saturated rings. The van der Waals surface area contributed by atoms with E-state index in [9.17, 15) is 4.79 Å². The molecule has 7 rings (SSSR count). The second-order valence-corrected chi connectivity index (χ2v) is 9.93. The maximum Gasteiger partial charge on any atom is 0.333 e. The van der Waals surface area contributed by atoms with Gasteiger partial charge in [-0.2, -0.15) is 0 Å². The van der Waals surface area contributed by atoms with Crippen molar-refractivity contribution in [2.75, 3.05) is 13.1 Å². The Morgan fingerprint density at radius 3 is 2.46 bits per heavy atom.